The van der Waals surface area contributed by atoms with Crippen LogP contribution in [0.1, 0.15) is 37.0 Å². The maximum absolute atomic E-state index is 10.8. The summed E-state index contributed by atoms with van der Waals surface area (Å²) in [6.45, 7) is -1.23. The lowest BCUT2D eigenvalue weighted by Crippen LogP contribution is -2.33. The molecular weight excluding hydrogens is 1730 g/mol. The highest BCUT2D eigenvalue weighted by Gasteiger charge is 2.50. The number of aromatic nitrogens is 17. The summed E-state index contributed by atoms with van der Waals surface area (Å²) in [7, 11) is -18.5. The molecule has 10 aromatic heterocycles. The van der Waals surface area contributed by atoms with Gasteiger partial charge in [0.15, 0.2) is 76.2 Å². The van der Waals surface area contributed by atoms with Crippen LogP contribution in [-0.4, -0.2) is 321 Å². The molecule has 0 unspecified atom stereocenters. The molecule has 0 aromatic carbocycles. The standard InChI is InChI=1S/C12H18N5O7P.C12H17N4O7P.C11H13ClN3O7P.C11H16N5O7P.C11H15N4O7P/c1-5-15-10(13-2)7-11(16-5)17(4-14-7)12-9(19)8(18)6(24-12)3-23-25(20,21)22;1-13-6-2-3-14-11-8(6)15-5-16(11)12-10(18)9(17)7(23-12)4-22-24(19,20)21;12-5-1-2-13-10-7(5)14-4-15(10)11-9(17)8(16)6(22-11)3-21-23(18,19)20;1-15-3-14-10-6(9(15)12)13-4-16(10)11-8(18)7(17)5(23-11)2-22-24(19,20)21;12-5-1-2-13-10-7(5)14-4-15(10)11-9(17)8(16)6(22-11)3-21-23(18,19)20/h4,6,8-9,12,18-19H,3H2,1-2H3,(H,13,15,16)(H2,20,21,22);2-3,5,7,9-10,12,17-18H,4H2,1H3,(H,13,14)(H2,19,20,21);1-2,4,6,8-9,11,16-17H,3H2,(H2,18,19,20);3-5,7-8,11-12,17-18H,2H2,1H3,(H2,19,20,21);1-2,4,6,8-9,11,16-17H,3H2,(H2,12,13)(H2,18,19,20)/t6-,8-,9-,12-;7-,9-,10-,12-;6-,8-,9-,11-;5-,7-,8-,11-;6-,8-,9-,11-/m11111/s1. The van der Waals surface area contributed by atoms with Gasteiger partial charge in [-0.2, -0.15) is 0 Å². The van der Waals surface area contributed by atoms with Gasteiger partial charge in [0.1, 0.15) is 119 Å². The summed E-state index contributed by atoms with van der Waals surface area (Å²) in [5.74, 6) is 0.962. The first-order valence-electron chi connectivity index (χ1n) is 34.2. The van der Waals surface area contributed by atoms with Gasteiger partial charge in [-0.15, -0.1) is 0 Å². The summed E-state index contributed by atoms with van der Waals surface area (Å²) in [4.78, 5) is 133. The van der Waals surface area contributed by atoms with Crippen LogP contribution >= 0.6 is 50.7 Å². The maximum atomic E-state index is 10.8. The third-order valence-electron chi connectivity index (χ3n) is 18.2. The number of hydrogen-bond acceptors (Lipinski definition) is 40. The van der Waals surface area contributed by atoms with Crippen molar-refractivity contribution < 1.29 is 169 Å². The van der Waals surface area contributed by atoms with Crippen LogP contribution in [0.25, 0.3) is 55.8 Å². The van der Waals surface area contributed by atoms with Crippen LogP contribution < -0.4 is 21.9 Å². The molecule has 654 valence electrons. The summed E-state index contributed by atoms with van der Waals surface area (Å²) < 4.78 is 111. The smallest absolute Gasteiger partial charge is 0.397 e. The van der Waals surface area contributed by atoms with Crippen LogP contribution in [0.15, 0.2) is 74.8 Å². The molecule has 5 aliphatic rings. The van der Waals surface area contributed by atoms with E-state index in [1.54, 1.807) is 52.5 Å². The highest BCUT2D eigenvalue weighted by atomic mass is 35.5. The Labute approximate surface area is 669 Å². The summed E-state index contributed by atoms with van der Waals surface area (Å²) in [5, 5.41) is 115. The number of anilines is 3. The first-order valence-corrected chi connectivity index (χ1v) is 42.2. The number of aryl methyl sites for hydroxylation is 2. The van der Waals surface area contributed by atoms with E-state index in [-0.39, 0.29) is 16.7 Å². The predicted octanol–water partition coefficient (Wildman–Crippen LogP) is -5.36. The average molecular weight is 1810 g/mol. The number of aliphatic hydroxyl groups excluding tert-OH is 10. The van der Waals surface area contributed by atoms with Crippen molar-refractivity contribution >= 4 is 124 Å². The van der Waals surface area contributed by atoms with Gasteiger partial charge in [0.25, 0.3) is 0 Å². The van der Waals surface area contributed by atoms with Gasteiger partial charge in [0.2, 0.25) is 0 Å². The van der Waals surface area contributed by atoms with Crippen molar-refractivity contribution in [3.05, 3.63) is 91.1 Å². The van der Waals surface area contributed by atoms with Gasteiger partial charge in [-0.1, -0.05) is 11.6 Å². The second-order valence-corrected chi connectivity index (χ2v) is 32.8. The van der Waals surface area contributed by atoms with Crippen LogP contribution in [0.4, 0.5) is 17.2 Å². The zero-order valence-electron chi connectivity index (χ0n) is 61.4. The summed E-state index contributed by atoms with van der Waals surface area (Å²) in [6.07, 6.45) is -12.1. The van der Waals surface area contributed by atoms with E-state index in [0.29, 0.717) is 67.0 Å². The van der Waals surface area contributed by atoms with Gasteiger partial charge < -0.3 is 145 Å². The Morgan fingerprint density at radius 1 is 0.403 bits per heavy atom. The number of nitrogens with two attached hydrogens (primary N) is 1. The number of nitrogen functional groups attached to an aromatic ring is 1. The number of nitrogens with zero attached hydrogens (tertiary/aromatic N) is 17. The lowest BCUT2D eigenvalue weighted by Gasteiger charge is -2.16. The molecule has 0 radical (unpaired) electrons. The molecule has 15 heterocycles. The van der Waals surface area contributed by atoms with E-state index in [9.17, 15) is 73.9 Å². The van der Waals surface area contributed by atoms with Crippen molar-refractivity contribution in [3.63, 3.8) is 0 Å². The van der Waals surface area contributed by atoms with E-state index in [4.69, 9.17) is 95.4 Å². The Balaban J connectivity index is 0.000000146. The van der Waals surface area contributed by atoms with Crippen LogP contribution in [0, 0.1) is 12.3 Å². The molecule has 0 amide bonds. The second kappa shape index (κ2) is 37.2. The molecule has 0 spiro atoms. The van der Waals surface area contributed by atoms with Gasteiger partial charge in [-0.25, -0.2) is 77.6 Å². The van der Waals surface area contributed by atoms with E-state index < -0.39 is 195 Å². The molecule has 5 aliphatic heterocycles. The van der Waals surface area contributed by atoms with E-state index in [1.807, 2.05) is 0 Å². The molecule has 0 saturated carbocycles. The van der Waals surface area contributed by atoms with E-state index >= 15 is 0 Å². The monoisotopic (exact) mass is 1810 g/mol. The minimum Gasteiger partial charge on any atom is -0.397 e. The van der Waals surface area contributed by atoms with Crippen LogP contribution in [0.5, 0.6) is 0 Å². The van der Waals surface area contributed by atoms with Gasteiger partial charge in [0.05, 0.1) is 87.4 Å². The van der Waals surface area contributed by atoms with Crippen LogP contribution in [-0.2, 0) is 76.2 Å². The van der Waals surface area contributed by atoms with Crippen molar-refractivity contribution in [1.29, 1.82) is 5.41 Å². The summed E-state index contributed by atoms with van der Waals surface area (Å²) >= 11 is 6.00. The predicted molar refractivity (Wildman–Crippen MR) is 393 cm³/mol. The fourth-order valence-electron chi connectivity index (χ4n) is 12.5. The topological polar surface area (TPSA) is 828 Å². The molecule has 20 atom stereocenters. The molecule has 5 fully saturated rings. The number of phosphoric ester groups is 5. The second-order valence-electron chi connectivity index (χ2n) is 26.2. The minimum absolute atomic E-state index is 0.105. The zero-order valence-corrected chi connectivity index (χ0v) is 66.6. The van der Waals surface area contributed by atoms with E-state index in [1.165, 1.54) is 77.8 Å². The van der Waals surface area contributed by atoms with Crippen LogP contribution in [0.2, 0.25) is 5.02 Å². The fourth-order valence-corrected chi connectivity index (χ4v) is 14.4. The Morgan fingerprint density at radius 3 is 1.07 bits per heavy atom. The molecule has 10 aromatic rings. The molecule has 119 heavy (non-hydrogen) atoms. The fraction of sp³-hybridized carbons (Fsp3) is 0.509. The normalized spacial score (nSPS) is 27.9. The SMILES string of the molecule is CNc1ccnc2c1ncn2[C@@H]1O[C@H](COP(=O)(O)O)[C@@H](O)[C@H]1O.CNc1nc(C)nc2c1ncn2[C@@H]1O[C@H](COP(=O)(O)O)[C@@H](O)[C@H]1O.Cn1cnc2c(ncn2[C@@H]2O[C@H](COP(=O)(O)O)[C@@H](O)[C@H]2O)c1=N.Nc1ccnc2c1ncn2[C@@H]1O[C@H](COP(=O)(O)O)[C@@H](O)[C@H]1O.O=P(O)(O)OC[C@H]1O[C@@H](n2cnc3c(Cl)ccnc32)[C@H](O)[C@@H]1O. The molecular formula is C57H79ClN21O35P5. The number of halogens is 1. The number of imidazole rings is 5. The molecule has 5 saturated heterocycles. The van der Waals surface area contributed by atoms with Crippen molar-refractivity contribution in [2.75, 3.05) is 63.5 Å². The third-order valence-corrected chi connectivity index (χ3v) is 20.9. The van der Waals surface area contributed by atoms with Gasteiger partial charge in [-0.3, -0.25) is 50.9 Å². The first kappa shape index (κ1) is 92.1. The third kappa shape index (κ3) is 21.4. The number of fused-ring (bicyclic) bond motifs is 5. The lowest BCUT2D eigenvalue weighted by molar-refractivity contribution is -0.0504. The van der Waals surface area contributed by atoms with Crippen molar-refractivity contribution in [3.8, 4) is 0 Å². The zero-order chi connectivity index (χ0) is 87.0. The number of ether oxygens (including phenoxy) is 5. The quantitative estimate of drug-likeness (QED) is 0.0282. The largest absolute Gasteiger partial charge is 0.469 e. The Morgan fingerprint density at radius 2 is 0.706 bits per heavy atom. The highest BCUT2D eigenvalue weighted by molar-refractivity contribution is 7.47. The van der Waals surface area contributed by atoms with Gasteiger partial charge in [-0.05, 0) is 25.1 Å². The minimum atomic E-state index is -4.73. The van der Waals surface area contributed by atoms with Gasteiger partial charge >= 0.3 is 39.1 Å². The number of phosphoric acid groups is 5. The molecule has 0 aliphatic carbocycles. The number of pyridine rings is 3. The van der Waals surface area contributed by atoms with Gasteiger partial charge in [0, 0.05) is 39.7 Å². The number of nitrogens with one attached hydrogen (secondary N) is 3. The highest BCUT2D eigenvalue weighted by Crippen LogP contribution is 2.45. The summed E-state index contributed by atoms with van der Waals surface area (Å²) in [6, 6.07) is 4.85. The molecule has 56 nitrogen and oxygen atoms in total. The lowest BCUT2D eigenvalue weighted by atomic mass is 10.1. The number of aliphatic hydroxyl groups is 10. The van der Waals surface area contributed by atoms with E-state index in [0.717, 1.165) is 5.69 Å². The molecule has 0 bridgehead atoms. The van der Waals surface area contributed by atoms with Crippen molar-refractivity contribution in [2.45, 2.75) is 130 Å². The number of hydrogen-bond donors (Lipinski definition) is 24. The Kier molecular flexibility index (Phi) is 28.8. The van der Waals surface area contributed by atoms with Crippen molar-refractivity contribution in [1.82, 2.24) is 82.2 Å². The maximum Gasteiger partial charge on any atom is 0.469 e. The Hall–Kier alpha value is -7.60. The molecule has 62 heteroatoms. The van der Waals surface area contributed by atoms with Crippen LogP contribution in [0.3, 0.4) is 0 Å². The van der Waals surface area contributed by atoms with E-state index in [2.05, 4.69) is 88.1 Å². The molecule has 25 N–H and O–H groups in total. The van der Waals surface area contributed by atoms with Crippen molar-refractivity contribution in [2.24, 2.45) is 7.05 Å². The summed E-state index contributed by atoms with van der Waals surface area (Å²) in [5.41, 5.74) is 10.9. The first-order chi connectivity index (χ1) is 55.8. The molecule has 15 rings (SSSR count). The average Bonchev–Trinajstić information content (AvgIpc) is 1.64. The number of rotatable bonds is 22. The Bertz CT molecular complexity index is 5400.